The van der Waals surface area contributed by atoms with Crippen molar-refractivity contribution in [1.29, 1.82) is 0 Å². The summed E-state index contributed by atoms with van der Waals surface area (Å²) in [5.41, 5.74) is 1.35. The molecular weight excluding hydrogens is 326 g/mol. The van der Waals surface area contributed by atoms with Crippen molar-refractivity contribution in [2.75, 3.05) is 6.61 Å². The first-order chi connectivity index (χ1) is 11.8. The van der Waals surface area contributed by atoms with E-state index in [-0.39, 0.29) is 6.04 Å². The molecule has 0 unspecified atom stereocenters. The molecule has 134 valence electrons. The van der Waals surface area contributed by atoms with Crippen LogP contribution in [0.1, 0.15) is 35.7 Å². The first kappa shape index (κ1) is 18.4. The highest BCUT2D eigenvalue weighted by molar-refractivity contribution is 5.98. The summed E-state index contributed by atoms with van der Waals surface area (Å²) in [7, 11) is 0. The normalized spacial score (nSPS) is 14.2. The molecule has 0 radical (unpaired) electrons. The van der Waals surface area contributed by atoms with E-state index in [9.17, 15) is 19.2 Å². The number of aryl methyl sites for hydroxylation is 1. The van der Waals surface area contributed by atoms with Gasteiger partial charge in [0.1, 0.15) is 6.04 Å². The van der Waals surface area contributed by atoms with E-state index in [1.807, 2.05) is 13.0 Å². The molecule has 2 rings (SSSR count). The minimum absolute atomic E-state index is 0.118. The molecule has 0 heterocycles. The number of hydrogen-bond acceptors (Lipinski definition) is 5. The molecule has 0 bridgehead atoms. The Labute approximate surface area is 145 Å². The number of ether oxygens (including phenoxy) is 1. The summed E-state index contributed by atoms with van der Waals surface area (Å²) >= 11 is 0. The Morgan fingerprint density at radius 1 is 1.24 bits per heavy atom. The van der Waals surface area contributed by atoms with Crippen molar-refractivity contribution < 1.29 is 23.9 Å². The Morgan fingerprint density at radius 3 is 2.60 bits per heavy atom. The van der Waals surface area contributed by atoms with Crippen molar-refractivity contribution in [2.24, 2.45) is 0 Å². The van der Waals surface area contributed by atoms with Gasteiger partial charge in [0.25, 0.3) is 11.8 Å². The predicted octanol–water partition coefficient (Wildman–Crippen LogP) is 0.645. The molecule has 1 aliphatic carbocycles. The van der Waals surface area contributed by atoms with Crippen LogP contribution in [0.5, 0.6) is 0 Å². The molecular formula is C17H21N3O5. The summed E-state index contributed by atoms with van der Waals surface area (Å²) < 4.78 is 4.80. The summed E-state index contributed by atoms with van der Waals surface area (Å²) in [4.78, 5) is 46.8. The number of urea groups is 1. The van der Waals surface area contributed by atoms with E-state index < -0.39 is 36.5 Å². The lowest BCUT2D eigenvalue weighted by Gasteiger charge is -2.13. The van der Waals surface area contributed by atoms with Crippen molar-refractivity contribution in [3.05, 3.63) is 35.4 Å². The van der Waals surface area contributed by atoms with Gasteiger partial charge in [-0.1, -0.05) is 17.7 Å². The van der Waals surface area contributed by atoms with Crippen molar-refractivity contribution in [1.82, 2.24) is 16.0 Å². The number of benzene rings is 1. The third-order valence-corrected chi connectivity index (χ3v) is 3.49. The van der Waals surface area contributed by atoms with Crippen LogP contribution in [0.2, 0.25) is 0 Å². The van der Waals surface area contributed by atoms with Crippen molar-refractivity contribution in [3.8, 4) is 0 Å². The van der Waals surface area contributed by atoms with Gasteiger partial charge in [-0.15, -0.1) is 0 Å². The quantitative estimate of drug-likeness (QED) is 0.654. The lowest BCUT2D eigenvalue weighted by molar-refractivity contribution is -0.149. The smallest absolute Gasteiger partial charge is 0.328 e. The minimum atomic E-state index is -0.930. The first-order valence-electron chi connectivity index (χ1n) is 7.99. The molecule has 4 amide bonds. The highest BCUT2D eigenvalue weighted by atomic mass is 16.5. The van der Waals surface area contributed by atoms with Crippen molar-refractivity contribution in [3.63, 3.8) is 0 Å². The second kappa shape index (κ2) is 8.27. The van der Waals surface area contributed by atoms with Crippen LogP contribution in [-0.4, -0.2) is 42.5 Å². The van der Waals surface area contributed by atoms with E-state index in [4.69, 9.17) is 4.74 Å². The highest BCUT2D eigenvalue weighted by Gasteiger charge is 2.24. The maximum atomic E-state index is 12.1. The van der Waals surface area contributed by atoms with Gasteiger partial charge < -0.3 is 15.4 Å². The van der Waals surface area contributed by atoms with E-state index in [1.165, 1.54) is 6.92 Å². The largest absolute Gasteiger partial charge is 0.454 e. The van der Waals surface area contributed by atoms with Crippen molar-refractivity contribution >= 4 is 23.8 Å². The second-order valence-electron chi connectivity index (χ2n) is 5.97. The van der Waals surface area contributed by atoms with Gasteiger partial charge in [0.05, 0.1) is 0 Å². The third kappa shape index (κ3) is 6.25. The van der Waals surface area contributed by atoms with Crippen LogP contribution in [0.15, 0.2) is 24.3 Å². The van der Waals surface area contributed by atoms with Gasteiger partial charge in [-0.25, -0.2) is 9.59 Å². The monoisotopic (exact) mass is 347 g/mol. The fourth-order valence-electron chi connectivity index (χ4n) is 2.00. The minimum Gasteiger partial charge on any atom is -0.454 e. The summed E-state index contributed by atoms with van der Waals surface area (Å²) in [6, 6.07) is 5.50. The second-order valence-corrected chi connectivity index (χ2v) is 5.97. The Balaban J connectivity index is 1.72. The number of carbonyl (C=O) groups is 4. The zero-order valence-corrected chi connectivity index (χ0v) is 14.1. The topological polar surface area (TPSA) is 114 Å². The Kier molecular flexibility index (Phi) is 6.10. The van der Waals surface area contributed by atoms with Crippen LogP contribution >= 0.6 is 0 Å². The van der Waals surface area contributed by atoms with E-state index in [0.717, 1.165) is 18.4 Å². The van der Waals surface area contributed by atoms with Crippen LogP contribution < -0.4 is 16.0 Å². The molecule has 25 heavy (non-hydrogen) atoms. The lowest BCUT2D eigenvalue weighted by atomic mass is 10.1. The van der Waals surface area contributed by atoms with Gasteiger partial charge in [0, 0.05) is 11.6 Å². The maximum Gasteiger partial charge on any atom is 0.328 e. The molecule has 0 aromatic heterocycles. The molecule has 8 nitrogen and oxygen atoms in total. The number of nitrogens with one attached hydrogen (secondary N) is 3. The number of esters is 1. The summed E-state index contributed by atoms with van der Waals surface area (Å²) in [5, 5.41) is 7.14. The van der Waals surface area contributed by atoms with Gasteiger partial charge in [0.2, 0.25) is 0 Å². The third-order valence-electron chi connectivity index (χ3n) is 3.49. The van der Waals surface area contributed by atoms with Gasteiger partial charge in [-0.3, -0.25) is 14.9 Å². The molecule has 1 saturated carbocycles. The fourth-order valence-corrected chi connectivity index (χ4v) is 2.00. The van der Waals surface area contributed by atoms with Crippen molar-refractivity contribution in [2.45, 2.75) is 38.8 Å². The molecule has 8 heteroatoms. The van der Waals surface area contributed by atoms with E-state index in [2.05, 4.69) is 16.0 Å². The van der Waals surface area contributed by atoms with Crippen LogP contribution in [0.3, 0.4) is 0 Å². The van der Waals surface area contributed by atoms with Gasteiger partial charge in [-0.05, 0) is 38.8 Å². The molecule has 1 atom stereocenters. The van der Waals surface area contributed by atoms with E-state index in [1.54, 1.807) is 18.2 Å². The molecule has 0 spiro atoms. The number of hydrogen-bond donors (Lipinski definition) is 3. The Morgan fingerprint density at radius 2 is 1.96 bits per heavy atom. The zero-order chi connectivity index (χ0) is 18.4. The predicted molar refractivity (Wildman–Crippen MR) is 88.8 cm³/mol. The molecule has 1 fully saturated rings. The average molecular weight is 347 g/mol. The fraction of sp³-hybridized carbons (Fsp3) is 0.412. The van der Waals surface area contributed by atoms with Crippen LogP contribution in [-0.2, 0) is 14.3 Å². The van der Waals surface area contributed by atoms with Crippen LogP contribution in [0.4, 0.5) is 4.79 Å². The van der Waals surface area contributed by atoms with E-state index >= 15 is 0 Å². The SMILES string of the molecule is Cc1cccc(C(=O)N[C@@H](C)C(=O)OCC(=O)NC(=O)NC2CC2)c1. The maximum absolute atomic E-state index is 12.1. The standard InChI is InChI=1S/C17H21N3O5/c1-10-4-3-5-12(8-10)15(22)18-11(2)16(23)25-9-14(21)20-17(24)19-13-6-7-13/h3-5,8,11,13H,6-7,9H2,1-2H3,(H,18,22)(H2,19,20,21,24)/t11-/m0/s1. The molecule has 1 aromatic rings. The number of carbonyl (C=O) groups excluding carboxylic acids is 4. The average Bonchev–Trinajstić information content (AvgIpc) is 3.36. The Hall–Kier alpha value is -2.90. The molecule has 0 aliphatic heterocycles. The zero-order valence-electron chi connectivity index (χ0n) is 14.1. The van der Waals surface area contributed by atoms with Crippen LogP contribution in [0, 0.1) is 6.92 Å². The van der Waals surface area contributed by atoms with Gasteiger partial charge in [0.15, 0.2) is 6.61 Å². The van der Waals surface area contributed by atoms with E-state index in [0.29, 0.717) is 5.56 Å². The number of rotatable bonds is 6. The molecule has 1 aromatic carbocycles. The molecule has 0 saturated heterocycles. The first-order valence-corrected chi connectivity index (χ1v) is 7.99. The number of amides is 4. The summed E-state index contributed by atoms with van der Waals surface area (Å²) in [5.74, 6) is -1.91. The lowest BCUT2D eigenvalue weighted by Crippen LogP contribution is -2.44. The van der Waals surface area contributed by atoms with Gasteiger partial charge in [-0.2, -0.15) is 0 Å². The van der Waals surface area contributed by atoms with Crippen LogP contribution in [0.25, 0.3) is 0 Å². The van der Waals surface area contributed by atoms with Gasteiger partial charge >= 0.3 is 12.0 Å². The summed E-state index contributed by atoms with van der Waals surface area (Å²) in [6.45, 7) is 2.71. The number of imide groups is 1. The summed E-state index contributed by atoms with van der Waals surface area (Å²) in [6.07, 6.45) is 1.80. The molecule has 1 aliphatic rings. The molecule has 3 N–H and O–H groups in total. The highest BCUT2D eigenvalue weighted by Crippen LogP contribution is 2.18. The Bertz CT molecular complexity index is 685.